The van der Waals surface area contributed by atoms with Crippen molar-refractivity contribution in [1.82, 2.24) is 15.2 Å². The summed E-state index contributed by atoms with van der Waals surface area (Å²) in [6.07, 6.45) is 1.35. The van der Waals surface area contributed by atoms with E-state index in [-0.39, 0.29) is 18.7 Å². The molecule has 2 amide bonds. The SMILES string of the molecule is COC(=O)c1ccc(CN2C(=O)C3C(c4nccs4)NC(Cc4ccc([N+](=O)[O-])cc4)(C(=O)O)C3C2=O)cc1. The van der Waals surface area contributed by atoms with E-state index in [1.807, 2.05) is 0 Å². The predicted molar refractivity (Wildman–Crippen MR) is 135 cm³/mol. The number of rotatable bonds is 8. The first-order valence-electron chi connectivity index (χ1n) is 11.8. The van der Waals surface area contributed by atoms with Crippen LogP contribution in [0.4, 0.5) is 5.69 Å². The average Bonchev–Trinajstić information content (AvgIpc) is 3.63. The molecule has 2 aliphatic heterocycles. The van der Waals surface area contributed by atoms with E-state index < -0.39 is 52.1 Å². The first-order chi connectivity index (χ1) is 18.7. The number of esters is 1. The highest BCUT2D eigenvalue weighted by atomic mass is 32.1. The molecule has 1 aromatic heterocycles. The fourth-order valence-electron chi connectivity index (χ4n) is 5.36. The zero-order valence-corrected chi connectivity index (χ0v) is 21.3. The maximum Gasteiger partial charge on any atom is 0.337 e. The number of non-ortho nitro benzene ring substituents is 1. The molecule has 0 bridgehead atoms. The highest BCUT2D eigenvalue weighted by Gasteiger charge is 2.68. The van der Waals surface area contributed by atoms with Crippen LogP contribution in [0.5, 0.6) is 0 Å². The summed E-state index contributed by atoms with van der Waals surface area (Å²) in [6.45, 7) is -0.107. The summed E-state index contributed by atoms with van der Waals surface area (Å²) in [5.41, 5.74) is -0.700. The van der Waals surface area contributed by atoms with Gasteiger partial charge in [0.15, 0.2) is 0 Å². The lowest BCUT2D eigenvalue weighted by Gasteiger charge is -2.31. The number of nitrogens with zero attached hydrogens (tertiary/aromatic N) is 3. The summed E-state index contributed by atoms with van der Waals surface area (Å²) >= 11 is 1.24. The molecule has 2 aromatic carbocycles. The molecule has 0 aliphatic carbocycles. The number of imide groups is 1. The van der Waals surface area contributed by atoms with Gasteiger partial charge in [-0.25, -0.2) is 9.78 Å². The van der Waals surface area contributed by atoms with Crippen molar-refractivity contribution >= 4 is 40.8 Å². The average molecular weight is 551 g/mol. The molecular formula is C26H22N4O8S. The first kappa shape index (κ1) is 26.1. The second kappa shape index (κ2) is 10.0. The molecule has 2 saturated heterocycles. The third-order valence-corrected chi connectivity index (χ3v) is 8.05. The summed E-state index contributed by atoms with van der Waals surface area (Å²) < 4.78 is 4.70. The van der Waals surface area contributed by atoms with E-state index in [2.05, 4.69) is 10.3 Å². The standard InChI is InChI=1S/C26H22N4O8S/c1-38-24(33)16-6-2-15(3-7-16)13-29-22(31)18-19(23(29)32)26(25(34)35,28-20(18)21-27-10-11-39-21)12-14-4-8-17(9-5-14)30(36)37/h2-11,18-20,28H,12-13H2,1H3,(H,34,35). The normalized spacial score (nSPS) is 24.0. The summed E-state index contributed by atoms with van der Waals surface area (Å²) in [6, 6.07) is 10.8. The van der Waals surface area contributed by atoms with Crippen molar-refractivity contribution in [2.24, 2.45) is 11.8 Å². The number of fused-ring (bicyclic) bond motifs is 1. The van der Waals surface area contributed by atoms with Crippen molar-refractivity contribution in [1.29, 1.82) is 0 Å². The lowest BCUT2D eigenvalue weighted by Crippen LogP contribution is -2.57. The number of hydrogen-bond acceptors (Lipinski definition) is 10. The third-order valence-electron chi connectivity index (χ3n) is 7.19. The number of aliphatic carboxylic acids is 1. The maximum atomic E-state index is 13.8. The monoisotopic (exact) mass is 550 g/mol. The Hall–Kier alpha value is -4.49. The van der Waals surface area contributed by atoms with Crippen LogP contribution in [-0.2, 0) is 32.1 Å². The number of thiazole rings is 1. The smallest absolute Gasteiger partial charge is 0.337 e. The van der Waals surface area contributed by atoms with Gasteiger partial charge in [-0.3, -0.25) is 34.7 Å². The third kappa shape index (κ3) is 4.45. The number of likely N-dealkylation sites (tertiary alicyclic amines) is 1. The molecule has 0 radical (unpaired) electrons. The molecule has 4 atom stereocenters. The summed E-state index contributed by atoms with van der Waals surface area (Å²) in [5, 5.41) is 26.8. The quantitative estimate of drug-likeness (QED) is 0.184. The molecule has 12 nitrogen and oxygen atoms in total. The first-order valence-corrected chi connectivity index (χ1v) is 12.7. The van der Waals surface area contributed by atoms with Crippen molar-refractivity contribution in [3.05, 3.63) is 91.9 Å². The number of carboxylic acid groups (broad SMARTS) is 1. The van der Waals surface area contributed by atoms with Gasteiger partial charge in [0, 0.05) is 30.1 Å². The van der Waals surface area contributed by atoms with Crippen molar-refractivity contribution in [3.8, 4) is 0 Å². The number of carbonyl (C=O) groups excluding carboxylic acids is 3. The number of hydrogen-bond donors (Lipinski definition) is 2. The molecule has 2 fully saturated rings. The Balaban J connectivity index is 1.51. The summed E-state index contributed by atoms with van der Waals surface area (Å²) in [5.74, 6) is -5.29. The molecule has 4 unspecified atom stereocenters. The minimum absolute atomic E-state index is 0.107. The molecule has 2 aliphatic rings. The van der Waals surface area contributed by atoms with Gasteiger partial charge >= 0.3 is 11.9 Å². The van der Waals surface area contributed by atoms with Crippen LogP contribution in [0, 0.1) is 22.0 Å². The van der Waals surface area contributed by atoms with Crippen molar-refractivity contribution in [2.75, 3.05) is 7.11 Å². The van der Waals surface area contributed by atoms with E-state index in [9.17, 15) is 34.4 Å². The number of aromatic nitrogens is 1. The zero-order chi connectivity index (χ0) is 27.9. The summed E-state index contributed by atoms with van der Waals surface area (Å²) in [7, 11) is 1.26. The van der Waals surface area contributed by atoms with Crippen LogP contribution in [0.1, 0.15) is 32.5 Å². The van der Waals surface area contributed by atoms with Gasteiger partial charge in [-0.1, -0.05) is 24.3 Å². The molecular weight excluding hydrogens is 528 g/mol. The van der Waals surface area contributed by atoms with Crippen molar-refractivity contribution in [3.63, 3.8) is 0 Å². The van der Waals surface area contributed by atoms with E-state index >= 15 is 0 Å². The van der Waals surface area contributed by atoms with Gasteiger partial charge in [0.05, 0.1) is 42.0 Å². The van der Waals surface area contributed by atoms with Crippen LogP contribution in [0.25, 0.3) is 0 Å². The van der Waals surface area contributed by atoms with E-state index in [1.165, 1.54) is 61.0 Å². The number of benzene rings is 2. The van der Waals surface area contributed by atoms with Crippen LogP contribution < -0.4 is 5.32 Å². The van der Waals surface area contributed by atoms with E-state index in [0.29, 0.717) is 21.7 Å². The van der Waals surface area contributed by atoms with E-state index in [4.69, 9.17) is 4.74 Å². The molecule has 3 aromatic rings. The Labute approximate surface area is 225 Å². The highest BCUT2D eigenvalue weighted by molar-refractivity contribution is 7.09. The van der Waals surface area contributed by atoms with E-state index in [1.54, 1.807) is 17.5 Å². The number of carboxylic acids is 1. The highest BCUT2D eigenvalue weighted by Crippen LogP contribution is 2.50. The fraction of sp³-hybridized carbons (Fsp3) is 0.269. The van der Waals surface area contributed by atoms with Gasteiger partial charge in [0.2, 0.25) is 11.8 Å². The van der Waals surface area contributed by atoms with Crippen molar-refractivity contribution < 1.29 is 33.9 Å². The van der Waals surface area contributed by atoms with Gasteiger partial charge < -0.3 is 9.84 Å². The van der Waals surface area contributed by atoms with Gasteiger partial charge in [-0.15, -0.1) is 11.3 Å². The Morgan fingerprint density at radius 3 is 2.36 bits per heavy atom. The predicted octanol–water partition coefficient (Wildman–Crippen LogP) is 2.35. The van der Waals surface area contributed by atoms with Crippen LogP contribution in [-0.4, -0.2) is 56.3 Å². The van der Waals surface area contributed by atoms with Crippen LogP contribution in [0.15, 0.2) is 60.1 Å². The van der Waals surface area contributed by atoms with Gasteiger partial charge in [0.1, 0.15) is 10.5 Å². The molecule has 5 rings (SSSR count). The molecule has 2 N–H and O–H groups in total. The Morgan fingerprint density at radius 2 is 1.79 bits per heavy atom. The number of nitro groups is 1. The second-order valence-electron chi connectivity index (χ2n) is 9.32. The minimum Gasteiger partial charge on any atom is -0.480 e. The van der Waals surface area contributed by atoms with Gasteiger partial charge in [-0.05, 0) is 23.3 Å². The maximum absolute atomic E-state index is 13.8. The number of carbonyl (C=O) groups is 4. The second-order valence-corrected chi connectivity index (χ2v) is 10.2. The molecule has 13 heteroatoms. The minimum atomic E-state index is -1.87. The van der Waals surface area contributed by atoms with Crippen molar-refractivity contribution in [2.45, 2.75) is 24.5 Å². The Morgan fingerprint density at radius 1 is 1.13 bits per heavy atom. The van der Waals surface area contributed by atoms with Crippen LogP contribution >= 0.6 is 11.3 Å². The molecule has 200 valence electrons. The van der Waals surface area contributed by atoms with E-state index in [0.717, 1.165) is 4.90 Å². The largest absolute Gasteiger partial charge is 0.480 e. The van der Waals surface area contributed by atoms with Crippen LogP contribution in [0.2, 0.25) is 0 Å². The van der Waals surface area contributed by atoms with Gasteiger partial charge in [0.25, 0.3) is 5.69 Å². The fourth-order valence-corrected chi connectivity index (χ4v) is 6.09. The number of nitrogens with one attached hydrogen (secondary N) is 1. The zero-order valence-electron chi connectivity index (χ0n) is 20.5. The Bertz CT molecular complexity index is 1460. The molecule has 39 heavy (non-hydrogen) atoms. The Kier molecular flexibility index (Phi) is 6.70. The number of nitro benzene ring substituents is 1. The number of ether oxygens (including phenoxy) is 1. The lowest BCUT2D eigenvalue weighted by atomic mass is 9.76. The summed E-state index contributed by atoms with van der Waals surface area (Å²) in [4.78, 5) is 68.0. The molecule has 0 spiro atoms. The topological polar surface area (TPSA) is 169 Å². The molecule has 0 saturated carbocycles. The number of methoxy groups -OCH3 is 1. The molecule has 3 heterocycles. The lowest BCUT2D eigenvalue weighted by molar-refractivity contribution is -0.384. The number of amides is 2. The van der Waals surface area contributed by atoms with Gasteiger partial charge in [-0.2, -0.15) is 0 Å². The van der Waals surface area contributed by atoms with Crippen LogP contribution in [0.3, 0.4) is 0 Å².